The van der Waals surface area contributed by atoms with Gasteiger partial charge in [-0.15, -0.1) is 0 Å². The van der Waals surface area contributed by atoms with Gasteiger partial charge in [0.25, 0.3) is 0 Å². The molecule has 13 heavy (non-hydrogen) atoms. The smallest absolute Gasteiger partial charge is 0.0170 e. The maximum absolute atomic E-state index is 3.39. The van der Waals surface area contributed by atoms with E-state index in [1.165, 1.54) is 38.8 Å². The van der Waals surface area contributed by atoms with E-state index in [0.717, 1.165) is 17.9 Å². The molecule has 1 heterocycles. The summed E-state index contributed by atoms with van der Waals surface area (Å²) >= 11 is 0. The molecule has 1 saturated carbocycles. The van der Waals surface area contributed by atoms with E-state index < -0.39 is 0 Å². The first-order valence-corrected chi connectivity index (χ1v) is 5.66. The molecular weight excluding hydrogens is 160 g/mol. The topological polar surface area (TPSA) is 15.3 Å². The third-order valence-corrected chi connectivity index (χ3v) is 3.78. The van der Waals surface area contributed by atoms with Crippen molar-refractivity contribution in [3.05, 3.63) is 0 Å². The van der Waals surface area contributed by atoms with E-state index in [2.05, 4.69) is 24.3 Å². The second-order valence-electron chi connectivity index (χ2n) is 4.92. The summed E-state index contributed by atoms with van der Waals surface area (Å²) in [6, 6.07) is 0.851. The van der Waals surface area contributed by atoms with Crippen LogP contribution in [0.25, 0.3) is 0 Å². The highest BCUT2D eigenvalue weighted by atomic mass is 15.1. The van der Waals surface area contributed by atoms with Gasteiger partial charge in [0, 0.05) is 19.1 Å². The normalized spacial score (nSPS) is 27.9. The fourth-order valence-electron chi connectivity index (χ4n) is 3.08. The van der Waals surface area contributed by atoms with Crippen molar-refractivity contribution in [3.63, 3.8) is 0 Å². The third kappa shape index (κ3) is 1.89. The molecule has 2 fully saturated rings. The zero-order chi connectivity index (χ0) is 9.26. The van der Waals surface area contributed by atoms with Crippen molar-refractivity contribution in [2.45, 2.75) is 31.7 Å². The lowest BCUT2D eigenvalue weighted by Crippen LogP contribution is -2.55. The van der Waals surface area contributed by atoms with E-state index >= 15 is 0 Å². The molecule has 0 spiro atoms. The first-order valence-electron chi connectivity index (χ1n) is 5.66. The van der Waals surface area contributed by atoms with Gasteiger partial charge in [-0.1, -0.05) is 12.8 Å². The minimum absolute atomic E-state index is 0.851. The molecule has 0 aromatic heterocycles. The molecule has 2 nitrogen and oxygen atoms in total. The van der Waals surface area contributed by atoms with E-state index in [0.29, 0.717) is 0 Å². The van der Waals surface area contributed by atoms with Crippen molar-refractivity contribution in [3.8, 4) is 0 Å². The van der Waals surface area contributed by atoms with Crippen LogP contribution in [0.1, 0.15) is 25.7 Å². The fourth-order valence-corrected chi connectivity index (χ4v) is 3.08. The van der Waals surface area contributed by atoms with E-state index in [-0.39, 0.29) is 0 Å². The minimum Gasteiger partial charge on any atom is -0.316 e. The minimum atomic E-state index is 0.851. The van der Waals surface area contributed by atoms with Crippen LogP contribution in [0, 0.1) is 11.8 Å². The molecule has 0 aromatic rings. The second kappa shape index (κ2) is 3.97. The van der Waals surface area contributed by atoms with Gasteiger partial charge in [-0.3, -0.25) is 0 Å². The van der Waals surface area contributed by atoms with Crippen molar-refractivity contribution in [2.24, 2.45) is 11.8 Å². The monoisotopic (exact) mass is 182 g/mol. The number of hydrogen-bond acceptors (Lipinski definition) is 2. The van der Waals surface area contributed by atoms with Crippen molar-refractivity contribution in [1.29, 1.82) is 0 Å². The molecule has 0 radical (unpaired) electrons. The predicted octanol–water partition coefficient (Wildman–Crippen LogP) is 1.33. The summed E-state index contributed by atoms with van der Waals surface area (Å²) in [7, 11) is 4.50. The van der Waals surface area contributed by atoms with Crippen LogP contribution in [-0.2, 0) is 0 Å². The highest BCUT2D eigenvalue weighted by Crippen LogP contribution is 2.33. The van der Waals surface area contributed by atoms with Crippen LogP contribution in [0.4, 0.5) is 0 Å². The standard InChI is InChI=1S/C11H22N2/c1-13(2)11(10-7-12-8-10)9-5-3-4-6-9/h9-12H,3-8H2,1-2H3. The summed E-state index contributed by atoms with van der Waals surface area (Å²) in [4.78, 5) is 2.46. The Morgan fingerprint density at radius 1 is 1.08 bits per heavy atom. The van der Waals surface area contributed by atoms with Crippen molar-refractivity contribution in [1.82, 2.24) is 10.2 Å². The average molecular weight is 182 g/mol. The summed E-state index contributed by atoms with van der Waals surface area (Å²) in [5.74, 6) is 1.92. The van der Waals surface area contributed by atoms with Crippen LogP contribution in [0.5, 0.6) is 0 Å². The van der Waals surface area contributed by atoms with Crippen LogP contribution in [0.15, 0.2) is 0 Å². The Balaban J connectivity index is 1.94. The molecule has 1 unspecified atom stereocenters. The molecule has 1 aliphatic heterocycles. The maximum Gasteiger partial charge on any atom is 0.0170 e. The molecule has 0 aromatic carbocycles. The van der Waals surface area contributed by atoms with Crippen LogP contribution in [-0.4, -0.2) is 38.1 Å². The molecule has 1 aliphatic carbocycles. The van der Waals surface area contributed by atoms with Gasteiger partial charge < -0.3 is 10.2 Å². The Labute approximate surface area is 81.7 Å². The zero-order valence-corrected chi connectivity index (χ0v) is 8.92. The summed E-state index contributed by atoms with van der Waals surface area (Å²) in [5, 5.41) is 3.39. The lowest BCUT2D eigenvalue weighted by Gasteiger charge is -2.42. The first-order chi connectivity index (χ1) is 6.29. The van der Waals surface area contributed by atoms with Gasteiger partial charge in [0.15, 0.2) is 0 Å². The third-order valence-electron chi connectivity index (χ3n) is 3.78. The van der Waals surface area contributed by atoms with Gasteiger partial charge in [-0.05, 0) is 38.8 Å². The number of nitrogens with one attached hydrogen (secondary N) is 1. The molecule has 0 amide bonds. The Bertz CT molecular complexity index is 157. The predicted molar refractivity (Wildman–Crippen MR) is 55.8 cm³/mol. The molecule has 76 valence electrons. The SMILES string of the molecule is CN(C)C(C1CCCC1)C1CNC1. The fraction of sp³-hybridized carbons (Fsp3) is 1.00. The van der Waals surface area contributed by atoms with Gasteiger partial charge in [0.05, 0.1) is 0 Å². The van der Waals surface area contributed by atoms with Crippen molar-refractivity contribution < 1.29 is 0 Å². The van der Waals surface area contributed by atoms with Crippen LogP contribution in [0.2, 0.25) is 0 Å². The van der Waals surface area contributed by atoms with Crippen molar-refractivity contribution in [2.75, 3.05) is 27.2 Å². The first kappa shape index (κ1) is 9.47. The molecule has 1 atom stereocenters. The summed E-state index contributed by atoms with van der Waals surface area (Å²) < 4.78 is 0. The largest absolute Gasteiger partial charge is 0.316 e. The van der Waals surface area contributed by atoms with Crippen LogP contribution in [0.3, 0.4) is 0 Å². The van der Waals surface area contributed by atoms with Gasteiger partial charge in [0.2, 0.25) is 0 Å². The van der Waals surface area contributed by atoms with Gasteiger partial charge in [-0.25, -0.2) is 0 Å². The van der Waals surface area contributed by atoms with E-state index in [9.17, 15) is 0 Å². The number of hydrogen-bond donors (Lipinski definition) is 1. The van der Waals surface area contributed by atoms with Gasteiger partial charge >= 0.3 is 0 Å². The Morgan fingerprint density at radius 3 is 2.08 bits per heavy atom. The van der Waals surface area contributed by atoms with Gasteiger partial charge in [-0.2, -0.15) is 0 Å². The summed E-state index contributed by atoms with van der Waals surface area (Å²) in [6.07, 6.45) is 5.88. The van der Waals surface area contributed by atoms with Crippen LogP contribution >= 0.6 is 0 Å². The van der Waals surface area contributed by atoms with E-state index in [4.69, 9.17) is 0 Å². The lowest BCUT2D eigenvalue weighted by atomic mass is 9.83. The summed E-state index contributed by atoms with van der Waals surface area (Å²) in [5.41, 5.74) is 0. The molecule has 2 rings (SSSR count). The van der Waals surface area contributed by atoms with Crippen molar-refractivity contribution >= 4 is 0 Å². The molecule has 2 heteroatoms. The quantitative estimate of drug-likeness (QED) is 0.708. The molecule has 2 aliphatic rings. The van der Waals surface area contributed by atoms with E-state index in [1.807, 2.05) is 0 Å². The Kier molecular flexibility index (Phi) is 2.89. The zero-order valence-electron chi connectivity index (χ0n) is 8.92. The Hall–Kier alpha value is -0.0800. The number of nitrogens with zero attached hydrogens (tertiary/aromatic N) is 1. The lowest BCUT2D eigenvalue weighted by molar-refractivity contribution is 0.106. The molecular formula is C11H22N2. The summed E-state index contributed by atoms with van der Waals surface area (Å²) in [6.45, 7) is 2.50. The van der Waals surface area contributed by atoms with Crippen LogP contribution < -0.4 is 5.32 Å². The highest BCUT2D eigenvalue weighted by Gasteiger charge is 2.35. The number of rotatable bonds is 3. The van der Waals surface area contributed by atoms with E-state index in [1.54, 1.807) is 0 Å². The molecule has 1 N–H and O–H groups in total. The molecule has 0 bridgehead atoms. The Morgan fingerprint density at radius 2 is 1.69 bits per heavy atom. The maximum atomic E-state index is 3.39. The van der Waals surface area contributed by atoms with Gasteiger partial charge in [0.1, 0.15) is 0 Å². The molecule has 1 saturated heterocycles. The highest BCUT2D eigenvalue weighted by molar-refractivity contribution is 4.91. The average Bonchev–Trinajstić information content (AvgIpc) is 2.46. The second-order valence-corrected chi connectivity index (χ2v) is 4.92.